The molecule has 1 unspecified atom stereocenters. The number of nitrogens with one attached hydrogen (secondary N) is 2. The van der Waals surface area contributed by atoms with Crippen LogP contribution in [0.1, 0.15) is 17.4 Å². The van der Waals surface area contributed by atoms with Gasteiger partial charge in [-0.25, -0.2) is 0 Å². The molecule has 0 aliphatic rings. The third kappa shape index (κ3) is 9.47. The van der Waals surface area contributed by atoms with Crippen molar-refractivity contribution in [3.63, 3.8) is 0 Å². The van der Waals surface area contributed by atoms with Crippen LogP contribution in [-0.4, -0.2) is 30.8 Å². The first-order chi connectivity index (χ1) is 10.7. The van der Waals surface area contributed by atoms with Gasteiger partial charge in [-0.3, -0.25) is 0 Å². The molecule has 0 fully saturated rings. The lowest BCUT2D eigenvalue weighted by molar-refractivity contribution is 0.191. The summed E-state index contributed by atoms with van der Waals surface area (Å²) in [7, 11) is 0. The van der Waals surface area contributed by atoms with E-state index >= 15 is 0 Å². The fraction of sp³-hybridized carbons (Fsp3) is 0.412. The molecule has 0 aliphatic carbocycles. The molecule has 0 aliphatic heterocycles. The van der Waals surface area contributed by atoms with Crippen molar-refractivity contribution in [3.05, 3.63) is 52.2 Å². The van der Waals surface area contributed by atoms with Crippen molar-refractivity contribution in [3.8, 4) is 5.75 Å². The van der Waals surface area contributed by atoms with Gasteiger partial charge in [-0.1, -0.05) is 18.2 Å². The predicted molar refractivity (Wildman–Crippen MR) is 106 cm³/mol. The van der Waals surface area contributed by atoms with E-state index in [1.54, 1.807) is 18.3 Å². The Morgan fingerprint density at radius 3 is 2.42 bits per heavy atom. The van der Waals surface area contributed by atoms with Crippen LogP contribution < -0.4 is 15.4 Å². The van der Waals surface area contributed by atoms with Crippen molar-refractivity contribution < 1.29 is 9.84 Å². The molecule has 2 aromatic rings. The maximum absolute atomic E-state index is 9.12. The van der Waals surface area contributed by atoms with Crippen LogP contribution in [0.3, 0.4) is 0 Å². The average Bonchev–Trinajstić information content (AvgIpc) is 3.03. The fourth-order valence-corrected chi connectivity index (χ4v) is 2.59. The van der Waals surface area contributed by atoms with Gasteiger partial charge in [-0.15, -0.1) is 36.2 Å². The molecule has 3 N–H and O–H groups in total. The summed E-state index contributed by atoms with van der Waals surface area (Å²) >= 11 is 1.71. The number of benzene rings is 1. The molecular weight excluding hydrogens is 367 g/mol. The number of aliphatic hydroxyl groups is 1. The number of rotatable bonds is 10. The Balaban J connectivity index is 0.00000264. The van der Waals surface area contributed by atoms with Gasteiger partial charge in [0.15, 0.2) is 0 Å². The van der Waals surface area contributed by atoms with E-state index in [0.717, 1.165) is 25.4 Å². The van der Waals surface area contributed by atoms with Crippen LogP contribution in [0.15, 0.2) is 41.8 Å². The molecule has 24 heavy (non-hydrogen) atoms. The minimum Gasteiger partial charge on any atom is -0.488 e. The number of thiophene rings is 1. The first kappa shape index (κ1) is 23.2. The standard InChI is InChI=1S/C17H24N2O2S.2ClH/c1-14(20)11-18-8-9-19-12-15-4-6-16(7-5-15)21-13-17-3-2-10-22-17;;/h2-7,10,14,18-20H,8-9,11-13H2,1H3;2*1H. The summed E-state index contributed by atoms with van der Waals surface area (Å²) in [6.45, 7) is 5.61. The van der Waals surface area contributed by atoms with E-state index in [0.29, 0.717) is 13.2 Å². The van der Waals surface area contributed by atoms with Gasteiger partial charge in [-0.05, 0) is 36.1 Å². The Bertz CT molecular complexity index is 522. The van der Waals surface area contributed by atoms with E-state index in [4.69, 9.17) is 9.84 Å². The molecule has 4 nitrogen and oxygen atoms in total. The van der Waals surface area contributed by atoms with Gasteiger partial charge in [0.2, 0.25) is 0 Å². The van der Waals surface area contributed by atoms with Gasteiger partial charge < -0.3 is 20.5 Å². The number of hydrogen-bond donors (Lipinski definition) is 3. The SMILES string of the molecule is CC(O)CNCCNCc1ccc(OCc2cccs2)cc1.Cl.Cl. The second-order valence-corrected chi connectivity index (χ2v) is 6.27. The zero-order valence-corrected chi connectivity index (χ0v) is 16.2. The second kappa shape index (κ2) is 13.5. The summed E-state index contributed by atoms with van der Waals surface area (Å²) in [5.74, 6) is 0.899. The van der Waals surface area contributed by atoms with Gasteiger partial charge in [0.05, 0.1) is 6.10 Å². The topological polar surface area (TPSA) is 53.5 Å². The second-order valence-electron chi connectivity index (χ2n) is 5.24. The summed E-state index contributed by atoms with van der Waals surface area (Å²) in [4.78, 5) is 1.23. The summed E-state index contributed by atoms with van der Waals surface area (Å²) in [6.07, 6.45) is -0.290. The number of ether oxygens (including phenoxy) is 1. The highest BCUT2D eigenvalue weighted by Gasteiger charge is 1.98. The zero-order chi connectivity index (χ0) is 15.6. The molecule has 0 spiro atoms. The normalized spacial score (nSPS) is 11.2. The van der Waals surface area contributed by atoms with E-state index in [1.165, 1.54) is 10.4 Å². The largest absolute Gasteiger partial charge is 0.488 e. The molecular formula is C17H26Cl2N2O2S. The Labute approximate surface area is 160 Å². The molecule has 1 atom stereocenters. The minimum absolute atomic E-state index is 0. The lowest BCUT2D eigenvalue weighted by Crippen LogP contribution is -2.31. The third-order valence-corrected chi connectivity index (χ3v) is 3.98. The van der Waals surface area contributed by atoms with Gasteiger partial charge in [0.1, 0.15) is 12.4 Å². The van der Waals surface area contributed by atoms with E-state index in [1.807, 2.05) is 18.2 Å². The zero-order valence-electron chi connectivity index (χ0n) is 13.7. The molecule has 0 saturated heterocycles. The van der Waals surface area contributed by atoms with Gasteiger partial charge >= 0.3 is 0 Å². The fourth-order valence-electron chi connectivity index (χ4n) is 1.97. The van der Waals surface area contributed by atoms with Crippen LogP contribution in [0.2, 0.25) is 0 Å². The molecule has 0 radical (unpaired) electrons. The van der Waals surface area contributed by atoms with Crippen molar-refractivity contribution >= 4 is 36.2 Å². The first-order valence-corrected chi connectivity index (χ1v) is 8.45. The molecule has 7 heteroatoms. The monoisotopic (exact) mass is 392 g/mol. The van der Waals surface area contributed by atoms with Crippen LogP contribution in [0.25, 0.3) is 0 Å². The lowest BCUT2D eigenvalue weighted by Gasteiger charge is -2.09. The Kier molecular flexibility index (Phi) is 13.0. The summed E-state index contributed by atoms with van der Waals surface area (Å²) < 4.78 is 5.74. The van der Waals surface area contributed by atoms with Crippen molar-refractivity contribution in [1.29, 1.82) is 0 Å². The molecule has 136 valence electrons. The minimum atomic E-state index is -0.290. The lowest BCUT2D eigenvalue weighted by atomic mass is 10.2. The summed E-state index contributed by atoms with van der Waals surface area (Å²) in [5, 5.41) is 17.7. The molecule has 1 aromatic heterocycles. The van der Waals surface area contributed by atoms with Crippen LogP contribution in [0, 0.1) is 0 Å². The highest BCUT2D eigenvalue weighted by molar-refractivity contribution is 7.09. The van der Waals surface area contributed by atoms with Crippen LogP contribution in [0.5, 0.6) is 5.75 Å². The molecule has 1 aromatic carbocycles. The predicted octanol–water partition coefficient (Wildman–Crippen LogP) is 3.23. The Morgan fingerprint density at radius 1 is 1.08 bits per heavy atom. The van der Waals surface area contributed by atoms with Crippen molar-refractivity contribution in [2.45, 2.75) is 26.2 Å². The smallest absolute Gasteiger partial charge is 0.122 e. The average molecular weight is 393 g/mol. The Hall–Kier alpha value is -0.820. The van der Waals surface area contributed by atoms with Gasteiger partial charge in [-0.2, -0.15) is 0 Å². The molecule has 0 bridgehead atoms. The van der Waals surface area contributed by atoms with Crippen molar-refractivity contribution in [1.82, 2.24) is 10.6 Å². The molecule has 0 amide bonds. The highest BCUT2D eigenvalue weighted by atomic mass is 35.5. The summed E-state index contributed by atoms with van der Waals surface area (Å²) in [6, 6.07) is 12.3. The highest BCUT2D eigenvalue weighted by Crippen LogP contribution is 2.16. The number of hydrogen-bond acceptors (Lipinski definition) is 5. The van der Waals surface area contributed by atoms with Crippen LogP contribution in [-0.2, 0) is 13.2 Å². The van der Waals surface area contributed by atoms with Crippen molar-refractivity contribution in [2.24, 2.45) is 0 Å². The third-order valence-electron chi connectivity index (χ3n) is 3.13. The number of halogens is 2. The van der Waals surface area contributed by atoms with Gasteiger partial charge in [0, 0.05) is 31.1 Å². The maximum Gasteiger partial charge on any atom is 0.122 e. The maximum atomic E-state index is 9.12. The number of aliphatic hydroxyl groups excluding tert-OH is 1. The van der Waals surface area contributed by atoms with Crippen LogP contribution >= 0.6 is 36.2 Å². The summed E-state index contributed by atoms with van der Waals surface area (Å²) in [5.41, 5.74) is 1.24. The van der Waals surface area contributed by atoms with E-state index < -0.39 is 0 Å². The van der Waals surface area contributed by atoms with E-state index in [2.05, 4.69) is 34.2 Å². The van der Waals surface area contributed by atoms with Crippen molar-refractivity contribution in [2.75, 3.05) is 19.6 Å². The molecule has 0 saturated carbocycles. The quantitative estimate of drug-likeness (QED) is 0.543. The molecule has 2 rings (SSSR count). The van der Waals surface area contributed by atoms with E-state index in [-0.39, 0.29) is 30.9 Å². The Morgan fingerprint density at radius 2 is 1.79 bits per heavy atom. The van der Waals surface area contributed by atoms with Crippen LogP contribution in [0.4, 0.5) is 0 Å². The molecule has 1 heterocycles. The first-order valence-electron chi connectivity index (χ1n) is 7.57. The van der Waals surface area contributed by atoms with E-state index in [9.17, 15) is 0 Å². The van der Waals surface area contributed by atoms with Gasteiger partial charge in [0.25, 0.3) is 0 Å².